The molecule has 4 N–H and O–H groups in total. The predicted octanol–water partition coefficient (Wildman–Crippen LogP) is 5.30. The largest absolute Gasteiger partial charge is 0.369 e. The van der Waals surface area contributed by atoms with Gasteiger partial charge in [-0.1, -0.05) is 65.2 Å². The van der Waals surface area contributed by atoms with Crippen molar-refractivity contribution in [1.29, 1.82) is 0 Å². The number of nitro groups is 1. The number of quaternary nitrogens is 1. The molecule has 1 unspecified atom stereocenters. The van der Waals surface area contributed by atoms with E-state index in [0.717, 1.165) is 44.9 Å². The average Bonchev–Trinajstić information content (AvgIpc) is 2.42. The number of nitrogens with zero attached hydrogens (tertiary/aromatic N) is 1. The third-order valence-electron chi connectivity index (χ3n) is 3.73. The zero-order chi connectivity index (χ0) is 15.2. The molecule has 1 atom stereocenters. The van der Waals surface area contributed by atoms with Gasteiger partial charge < -0.3 is 6.15 Å². The van der Waals surface area contributed by atoms with Crippen LogP contribution in [-0.4, -0.2) is 16.7 Å². The maximum atomic E-state index is 11.9. The van der Waals surface area contributed by atoms with Crippen LogP contribution in [0.2, 0.25) is 0 Å². The molecule has 0 aromatic rings. The molecule has 0 saturated heterocycles. The van der Waals surface area contributed by atoms with Crippen molar-refractivity contribution >= 4 is 5.78 Å². The Labute approximate surface area is 129 Å². The summed E-state index contributed by atoms with van der Waals surface area (Å²) in [5.41, 5.74) is 0. The number of ketones is 1. The van der Waals surface area contributed by atoms with Gasteiger partial charge in [0.2, 0.25) is 5.78 Å². The number of hydrogen-bond donors (Lipinski definition) is 1. The average molecular weight is 303 g/mol. The molecule has 0 radical (unpaired) electrons. The fourth-order valence-electron chi connectivity index (χ4n) is 2.39. The number of carbonyl (C=O) groups is 1. The van der Waals surface area contributed by atoms with Crippen molar-refractivity contribution in [2.24, 2.45) is 0 Å². The van der Waals surface area contributed by atoms with Gasteiger partial charge in [-0.05, 0) is 12.8 Å². The molecule has 0 amide bonds. The summed E-state index contributed by atoms with van der Waals surface area (Å²) in [5, 5.41) is 11.0. The molecule has 126 valence electrons. The lowest BCUT2D eigenvalue weighted by molar-refractivity contribution is -0.508. The van der Waals surface area contributed by atoms with Crippen molar-refractivity contribution < 1.29 is 9.72 Å². The van der Waals surface area contributed by atoms with Gasteiger partial charge in [0.05, 0.1) is 0 Å². The summed E-state index contributed by atoms with van der Waals surface area (Å²) in [7, 11) is 0. The lowest BCUT2D eigenvalue weighted by Gasteiger charge is -2.08. The summed E-state index contributed by atoms with van der Waals surface area (Å²) < 4.78 is 0. The summed E-state index contributed by atoms with van der Waals surface area (Å²) in [4.78, 5) is 22.5. The molecule has 21 heavy (non-hydrogen) atoms. The van der Waals surface area contributed by atoms with Gasteiger partial charge in [-0.15, -0.1) is 0 Å². The maximum absolute atomic E-state index is 11.9. The zero-order valence-electron chi connectivity index (χ0n) is 14.2. The van der Waals surface area contributed by atoms with Crippen LogP contribution in [-0.2, 0) is 4.79 Å². The Morgan fingerprint density at radius 3 is 1.86 bits per heavy atom. The molecule has 0 saturated carbocycles. The van der Waals surface area contributed by atoms with Gasteiger partial charge in [-0.25, -0.2) is 0 Å². The van der Waals surface area contributed by atoms with Crippen LogP contribution in [0.5, 0.6) is 0 Å². The van der Waals surface area contributed by atoms with Gasteiger partial charge in [-0.2, -0.15) is 0 Å². The molecular weight excluding hydrogens is 268 g/mol. The zero-order valence-corrected chi connectivity index (χ0v) is 14.2. The molecule has 0 heterocycles. The van der Waals surface area contributed by atoms with Crippen molar-refractivity contribution in [3.63, 3.8) is 0 Å². The molecule has 0 bridgehead atoms. The second kappa shape index (κ2) is 15.4. The van der Waals surface area contributed by atoms with Crippen LogP contribution in [0.15, 0.2) is 0 Å². The lowest BCUT2D eigenvalue weighted by atomic mass is 9.99. The topological polar surface area (TPSA) is 96.7 Å². The van der Waals surface area contributed by atoms with E-state index in [-0.39, 0.29) is 16.9 Å². The van der Waals surface area contributed by atoms with E-state index in [0.29, 0.717) is 12.8 Å². The van der Waals surface area contributed by atoms with E-state index in [1.165, 1.54) is 19.3 Å². The van der Waals surface area contributed by atoms with Crippen molar-refractivity contribution in [2.75, 3.05) is 0 Å². The van der Waals surface area contributed by atoms with Crippen molar-refractivity contribution in [3.05, 3.63) is 10.1 Å². The van der Waals surface area contributed by atoms with Crippen LogP contribution in [0.1, 0.15) is 90.9 Å². The summed E-state index contributed by atoms with van der Waals surface area (Å²) in [6.45, 7) is 4.29. The third kappa shape index (κ3) is 12.5. The minimum absolute atomic E-state index is 0. The van der Waals surface area contributed by atoms with E-state index < -0.39 is 6.04 Å². The molecule has 5 nitrogen and oxygen atoms in total. The molecule has 0 aromatic carbocycles. The molecule has 0 aliphatic rings. The van der Waals surface area contributed by atoms with E-state index in [1.54, 1.807) is 0 Å². The predicted molar refractivity (Wildman–Crippen MR) is 88.5 cm³/mol. The Morgan fingerprint density at radius 2 is 1.38 bits per heavy atom. The first-order chi connectivity index (χ1) is 9.63. The van der Waals surface area contributed by atoms with Crippen molar-refractivity contribution in [2.45, 2.75) is 96.9 Å². The second-order valence-corrected chi connectivity index (χ2v) is 5.63. The Balaban J connectivity index is 0. The van der Waals surface area contributed by atoms with Gasteiger partial charge in [0, 0.05) is 17.8 Å². The van der Waals surface area contributed by atoms with Crippen LogP contribution < -0.4 is 6.15 Å². The van der Waals surface area contributed by atoms with Gasteiger partial charge >= 0.3 is 0 Å². The van der Waals surface area contributed by atoms with E-state index in [9.17, 15) is 14.9 Å². The maximum Gasteiger partial charge on any atom is 0.270 e. The molecule has 0 fully saturated rings. The number of Topliss-reactive ketones (excluding diaryl/α,β-unsaturated/α-hetero) is 1. The van der Waals surface area contributed by atoms with Crippen LogP contribution in [0.4, 0.5) is 0 Å². The first kappa shape index (κ1) is 22.3. The normalized spacial score (nSPS) is 11.7. The highest BCUT2D eigenvalue weighted by Gasteiger charge is 2.27. The number of unbranched alkanes of at least 4 members (excludes halogenated alkanes) is 8. The Hall–Kier alpha value is -0.970. The standard InChI is InChI=1S/C16H31NO3.H3N/c1-3-5-7-9-11-13-15(17(19)20)16(18)14-12-10-8-6-4-2;/h15H,3-14H2,1-2H3;1H3/p+1. The van der Waals surface area contributed by atoms with Gasteiger partial charge in [-0.3, -0.25) is 14.9 Å². The van der Waals surface area contributed by atoms with Gasteiger partial charge in [0.25, 0.3) is 6.04 Å². The Kier molecular flexibility index (Phi) is 16.4. The Morgan fingerprint density at radius 1 is 0.905 bits per heavy atom. The molecule has 0 aromatic heterocycles. The second-order valence-electron chi connectivity index (χ2n) is 5.63. The van der Waals surface area contributed by atoms with Crippen LogP contribution in [0.3, 0.4) is 0 Å². The molecule has 0 aliphatic heterocycles. The molecule has 5 heteroatoms. The van der Waals surface area contributed by atoms with Crippen molar-refractivity contribution in [1.82, 2.24) is 6.15 Å². The highest BCUT2D eigenvalue weighted by molar-refractivity contribution is 5.82. The fourth-order valence-corrected chi connectivity index (χ4v) is 2.39. The first-order valence-corrected chi connectivity index (χ1v) is 8.29. The minimum atomic E-state index is -0.956. The number of hydrogen-bond acceptors (Lipinski definition) is 3. The van der Waals surface area contributed by atoms with E-state index in [4.69, 9.17) is 0 Å². The highest BCUT2D eigenvalue weighted by atomic mass is 16.6. The van der Waals surface area contributed by atoms with Gasteiger partial charge in [0.1, 0.15) is 0 Å². The number of carbonyl (C=O) groups excluding carboxylic acids is 1. The third-order valence-corrected chi connectivity index (χ3v) is 3.73. The number of rotatable bonds is 14. The quantitative estimate of drug-likeness (QED) is 0.268. The smallest absolute Gasteiger partial charge is 0.270 e. The molecule has 0 spiro atoms. The van der Waals surface area contributed by atoms with E-state index >= 15 is 0 Å². The molecular formula is C16H35N2O3+. The SMILES string of the molecule is CCCCCCCC(=O)C(CCCCCCC)[N+](=O)[O-].[NH4+]. The summed E-state index contributed by atoms with van der Waals surface area (Å²) in [6, 6.07) is -0.956. The molecule has 0 rings (SSSR count). The summed E-state index contributed by atoms with van der Waals surface area (Å²) in [5.74, 6) is -0.165. The van der Waals surface area contributed by atoms with Crippen LogP contribution in [0, 0.1) is 10.1 Å². The van der Waals surface area contributed by atoms with E-state index in [2.05, 4.69) is 13.8 Å². The molecule has 0 aliphatic carbocycles. The lowest BCUT2D eigenvalue weighted by Crippen LogP contribution is -2.29. The summed E-state index contributed by atoms with van der Waals surface area (Å²) >= 11 is 0. The first-order valence-electron chi connectivity index (χ1n) is 8.29. The van der Waals surface area contributed by atoms with Crippen LogP contribution >= 0.6 is 0 Å². The highest BCUT2D eigenvalue weighted by Crippen LogP contribution is 2.13. The van der Waals surface area contributed by atoms with Crippen LogP contribution in [0.25, 0.3) is 0 Å². The minimum Gasteiger partial charge on any atom is -0.369 e. The monoisotopic (exact) mass is 303 g/mol. The van der Waals surface area contributed by atoms with Gasteiger partial charge in [0.15, 0.2) is 0 Å². The fraction of sp³-hybridized carbons (Fsp3) is 0.938. The summed E-state index contributed by atoms with van der Waals surface area (Å²) in [6.07, 6.45) is 11.4. The Bertz CT molecular complexity index is 270. The van der Waals surface area contributed by atoms with Crippen molar-refractivity contribution in [3.8, 4) is 0 Å². The van der Waals surface area contributed by atoms with E-state index in [1.807, 2.05) is 0 Å².